The van der Waals surface area contributed by atoms with Crippen LogP contribution in [0.3, 0.4) is 0 Å². The zero-order valence-corrected chi connectivity index (χ0v) is 23.3. The van der Waals surface area contributed by atoms with Crippen LogP contribution in [-0.4, -0.2) is 69.3 Å². The number of aromatic nitrogens is 2. The van der Waals surface area contributed by atoms with Gasteiger partial charge in [0.25, 0.3) is 5.91 Å². The average molecular weight is 562 g/mol. The summed E-state index contributed by atoms with van der Waals surface area (Å²) >= 11 is 0. The van der Waals surface area contributed by atoms with E-state index in [1.165, 1.54) is 4.90 Å². The minimum absolute atomic E-state index is 0.0284. The van der Waals surface area contributed by atoms with Gasteiger partial charge in [-0.05, 0) is 41.7 Å². The summed E-state index contributed by atoms with van der Waals surface area (Å²) in [6.45, 7) is 1.35. The number of aryl methyl sites for hydroxylation is 1. The van der Waals surface area contributed by atoms with Gasteiger partial charge in [0, 0.05) is 45.2 Å². The Kier molecular flexibility index (Phi) is 8.53. The molecule has 2 aliphatic rings. The third-order valence-corrected chi connectivity index (χ3v) is 7.45. The van der Waals surface area contributed by atoms with E-state index < -0.39 is 6.09 Å². The molecule has 0 atom stereocenters. The summed E-state index contributed by atoms with van der Waals surface area (Å²) < 4.78 is 13.0. The van der Waals surface area contributed by atoms with E-state index >= 15 is 0 Å². The van der Waals surface area contributed by atoms with Crippen LogP contribution in [-0.2, 0) is 42.9 Å². The summed E-state index contributed by atoms with van der Waals surface area (Å²) in [6, 6.07) is 14.8. The van der Waals surface area contributed by atoms with Crippen molar-refractivity contribution in [3.05, 3.63) is 82.2 Å². The second kappa shape index (κ2) is 12.4. The van der Waals surface area contributed by atoms with Crippen molar-refractivity contribution in [1.29, 1.82) is 0 Å². The number of benzene rings is 2. The lowest BCUT2D eigenvalue weighted by Gasteiger charge is -2.31. The highest BCUT2D eigenvalue weighted by Crippen LogP contribution is 2.39. The Labute approximate surface area is 238 Å². The zero-order valence-electron chi connectivity index (χ0n) is 23.3. The van der Waals surface area contributed by atoms with Gasteiger partial charge in [-0.2, -0.15) is 5.10 Å². The minimum Gasteiger partial charge on any atom is -0.489 e. The second-order valence-electron chi connectivity index (χ2n) is 10.5. The molecule has 1 aliphatic heterocycles. The maximum Gasteiger partial charge on any atom is 0.410 e. The van der Waals surface area contributed by atoms with Crippen molar-refractivity contribution in [1.82, 2.24) is 24.9 Å². The van der Waals surface area contributed by atoms with E-state index in [0.29, 0.717) is 36.0 Å². The fourth-order valence-corrected chi connectivity index (χ4v) is 4.68. The van der Waals surface area contributed by atoms with Crippen LogP contribution in [0, 0.1) is 0 Å². The number of hydrogen-bond acceptors (Lipinski definition) is 7. The summed E-state index contributed by atoms with van der Waals surface area (Å²) in [5.41, 5.74) is 4.56. The number of hydrogen-bond donors (Lipinski definition) is 2. The fourth-order valence-electron chi connectivity index (χ4n) is 4.68. The normalized spacial score (nSPS) is 15.1. The summed E-state index contributed by atoms with van der Waals surface area (Å²) in [4.78, 5) is 39.9. The standard InChI is InChI=1S/C30H35N5O6/c1-33-12-13-35(16-28(33)37)30(39)41-19-21-8-6-20(7-9-21)18-40-27-5-3-4-23(24(27)17-36)15-31-29(38)26-14-25(22-10-11-22)32-34(26)2/h3-9,14,22,36H,10-13,15-19H2,1-2H3,(H,31,38). The highest BCUT2D eigenvalue weighted by molar-refractivity contribution is 5.92. The molecule has 11 heteroatoms. The van der Waals surface area contributed by atoms with E-state index in [0.717, 1.165) is 35.2 Å². The first-order valence-electron chi connectivity index (χ1n) is 13.7. The Hall–Kier alpha value is -4.38. The molecule has 2 aromatic carbocycles. The van der Waals surface area contributed by atoms with Gasteiger partial charge >= 0.3 is 6.09 Å². The van der Waals surface area contributed by atoms with Gasteiger partial charge in [0.2, 0.25) is 5.91 Å². The topological polar surface area (TPSA) is 126 Å². The third-order valence-electron chi connectivity index (χ3n) is 7.45. The molecule has 2 heterocycles. The van der Waals surface area contributed by atoms with Gasteiger partial charge in [-0.25, -0.2) is 4.79 Å². The van der Waals surface area contributed by atoms with E-state index in [1.807, 2.05) is 42.5 Å². The predicted octanol–water partition coefficient (Wildman–Crippen LogP) is 2.71. The van der Waals surface area contributed by atoms with Gasteiger partial charge in [-0.1, -0.05) is 36.4 Å². The number of carbonyl (C=O) groups excluding carboxylic acids is 3. The maximum absolute atomic E-state index is 12.8. The SMILES string of the molecule is CN1CCN(C(=O)OCc2ccc(COc3cccc(CNC(=O)c4cc(C5CC5)nn4C)c3CO)cc2)CC1=O. The number of carbonyl (C=O) groups is 3. The molecule has 11 nitrogen and oxygen atoms in total. The zero-order chi connectivity index (χ0) is 28.9. The highest BCUT2D eigenvalue weighted by Gasteiger charge is 2.28. The molecule has 0 unspecified atom stereocenters. The maximum atomic E-state index is 12.8. The number of rotatable bonds is 10. The minimum atomic E-state index is -0.505. The van der Waals surface area contributed by atoms with Crippen LogP contribution >= 0.6 is 0 Å². The molecule has 1 saturated carbocycles. The number of aliphatic hydroxyl groups is 1. The summed E-state index contributed by atoms with van der Waals surface area (Å²) in [5.74, 6) is 0.677. The van der Waals surface area contributed by atoms with Crippen molar-refractivity contribution >= 4 is 17.9 Å². The molecule has 1 saturated heterocycles. The van der Waals surface area contributed by atoms with Crippen molar-refractivity contribution in [3.63, 3.8) is 0 Å². The van der Waals surface area contributed by atoms with Crippen molar-refractivity contribution in [2.75, 3.05) is 26.7 Å². The summed E-state index contributed by atoms with van der Waals surface area (Å²) in [5, 5.41) is 17.5. The fraction of sp³-hybridized carbons (Fsp3) is 0.400. The van der Waals surface area contributed by atoms with Crippen molar-refractivity contribution in [2.24, 2.45) is 7.05 Å². The molecular weight excluding hydrogens is 526 g/mol. The summed E-state index contributed by atoms with van der Waals surface area (Å²) in [6.07, 6.45) is 1.73. The number of amides is 3. The van der Waals surface area contributed by atoms with Gasteiger partial charge < -0.3 is 24.8 Å². The molecule has 3 aromatic rings. The Morgan fingerprint density at radius 2 is 1.78 bits per heavy atom. The molecule has 216 valence electrons. The van der Waals surface area contributed by atoms with Crippen LogP contribution in [0.4, 0.5) is 4.79 Å². The van der Waals surface area contributed by atoms with Crippen LogP contribution in [0.1, 0.15) is 57.2 Å². The average Bonchev–Trinajstić information content (AvgIpc) is 3.76. The third kappa shape index (κ3) is 6.86. The van der Waals surface area contributed by atoms with Gasteiger partial charge in [-0.15, -0.1) is 0 Å². The molecule has 1 aromatic heterocycles. The summed E-state index contributed by atoms with van der Waals surface area (Å²) in [7, 11) is 3.48. The Morgan fingerprint density at radius 3 is 2.46 bits per heavy atom. The highest BCUT2D eigenvalue weighted by atomic mass is 16.6. The van der Waals surface area contributed by atoms with E-state index in [9.17, 15) is 19.5 Å². The Balaban J connectivity index is 1.13. The van der Waals surface area contributed by atoms with Crippen LogP contribution in [0.25, 0.3) is 0 Å². The smallest absolute Gasteiger partial charge is 0.410 e. The van der Waals surface area contributed by atoms with E-state index in [2.05, 4.69) is 10.4 Å². The van der Waals surface area contributed by atoms with Crippen LogP contribution in [0.15, 0.2) is 48.5 Å². The van der Waals surface area contributed by atoms with Crippen LogP contribution in [0.5, 0.6) is 5.75 Å². The van der Waals surface area contributed by atoms with Gasteiger partial charge in [-0.3, -0.25) is 19.2 Å². The lowest BCUT2D eigenvalue weighted by Crippen LogP contribution is -2.50. The quantitative estimate of drug-likeness (QED) is 0.390. The lowest BCUT2D eigenvalue weighted by atomic mass is 10.1. The monoisotopic (exact) mass is 561 g/mol. The van der Waals surface area contributed by atoms with Gasteiger partial charge in [0.15, 0.2) is 0 Å². The predicted molar refractivity (Wildman–Crippen MR) is 149 cm³/mol. The first-order chi connectivity index (χ1) is 19.8. The van der Waals surface area contributed by atoms with E-state index in [-0.39, 0.29) is 44.7 Å². The molecule has 41 heavy (non-hydrogen) atoms. The Bertz CT molecular complexity index is 1420. The number of nitrogens with one attached hydrogen (secondary N) is 1. The molecule has 5 rings (SSSR count). The van der Waals surface area contributed by atoms with Gasteiger partial charge in [0.1, 0.15) is 31.2 Å². The first-order valence-corrected chi connectivity index (χ1v) is 13.7. The second-order valence-corrected chi connectivity index (χ2v) is 10.5. The van der Waals surface area contributed by atoms with Crippen molar-refractivity contribution in [2.45, 2.75) is 45.1 Å². The molecule has 2 fully saturated rings. The molecular formula is C30H35N5O6. The number of nitrogens with zero attached hydrogens (tertiary/aromatic N) is 4. The molecule has 0 bridgehead atoms. The molecule has 3 amide bonds. The number of aliphatic hydroxyl groups excluding tert-OH is 1. The van der Waals surface area contributed by atoms with Crippen LogP contribution in [0.2, 0.25) is 0 Å². The Morgan fingerprint density at radius 1 is 1.05 bits per heavy atom. The van der Waals surface area contributed by atoms with E-state index in [1.54, 1.807) is 29.7 Å². The largest absolute Gasteiger partial charge is 0.489 e. The molecule has 0 spiro atoms. The van der Waals surface area contributed by atoms with E-state index in [4.69, 9.17) is 9.47 Å². The van der Waals surface area contributed by atoms with Crippen LogP contribution < -0.4 is 10.1 Å². The number of likely N-dealkylation sites (N-methyl/N-ethyl adjacent to an activating group) is 1. The number of ether oxygens (including phenoxy) is 2. The van der Waals surface area contributed by atoms with Gasteiger partial charge in [0.05, 0.1) is 12.3 Å². The van der Waals surface area contributed by atoms with Crippen molar-refractivity contribution in [3.8, 4) is 5.75 Å². The molecule has 2 N–H and O–H groups in total. The first kappa shape index (κ1) is 28.2. The molecule has 1 aliphatic carbocycles. The lowest BCUT2D eigenvalue weighted by molar-refractivity contribution is -0.133. The molecule has 0 radical (unpaired) electrons. The number of piperazine rings is 1. The van der Waals surface area contributed by atoms with Crippen molar-refractivity contribution < 1.29 is 29.0 Å².